The lowest BCUT2D eigenvalue weighted by molar-refractivity contribution is -0.136. The quantitative estimate of drug-likeness (QED) is 0.572. The van der Waals surface area contributed by atoms with Gasteiger partial charge in [0.25, 0.3) is 5.56 Å². The van der Waals surface area contributed by atoms with Gasteiger partial charge in [-0.2, -0.15) is 10.1 Å². The predicted molar refractivity (Wildman–Crippen MR) is 61.2 cm³/mol. The van der Waals surface area contributed by atoms with Crippen molar-refractivity contribution in [3.8, 4) is 0 Å². The highest BCUT2D eigenvalue weighted by atomic mass is 16.4. The molecule has 0 aliphatic heterocycles. The molecule has 0 unspecified atom stereocenters. The summed E-state index contributed by atoms with van der Waals surface area (Å²) in [5, 5.41) is 12.2. The molecular weight excluding hydrogens is 242 g/mol. The van der Waals surface area contributed by atoms with Gasteiger partial charge in [0, 0.05) is 7.05 Å². The summed E-state index contributed by atoms with van der Waals surface area (Å²) < 4.78 is 1.15. The van der Waals surface area contributed by atoms with Crippen LogP contribution >= 0.6 is 0 Å². The third-order valence-electron chi connectivity index (χ3n) is 2.30. The van der Waals surface area contributed by atoms with E-state index in [9.17, 15) is 14.4 Å². The number of rotatable bonds is 2. The van der Waals surface area contributed by atoms with Crippen molar-refractivity contribution >= 4 is 23.0 Å². The molecule has 2 rings (SSSR count). The molecule has 18 heavy (non-hydrogen) atoms. The standard InChI is InChI=1S/C9H9N5O4/c1-14-7-5(8(18)12-9(10)11-7)6(17)3(13-14)2-4(15)16/h2H2,1H3,(H,15,16)(H3,10,11,12,18). The molecule has 9 nitrogen and oxygen atoms in total. The molecule has 4 N–H and O–H groups in total. The van der Waals surface area contributed by atoms with E-state index in [4.69, 9.17) is 10.8 Å². The number of H-pyrrole nitrogens is 1. The molecule has 0 radical (unpaired) electrons. The highest BCUT2D eigenvalue weighted by molar-refractivity contribution is 5.76. The zero-order valence-electron chi connectivity index (χ0n) is 9.30. The maximum atomic E-state index is 11.9. The van der Waals surface area contributed by atoms with Crippen molar-refractivity contribution in [2.75, 3.05) is 5.73 Å². The Morgan fingerprint density at radius 1 is 1.50 bits per heavy atom. The lowest BCUT2D eigenvalue weighted by Crippen LogP contribution is -2.27. The minimum atomic E-state index is -1.21. The molecule has 94 valence electrons. The first-order valence-corrected chi connectivity index (χ1v) is 4.87. The van der Waals surface area contributed by atoms with Crippen LogP contribution in [-0.4, -0.2) is 30.8 Å². The topological polar surface area (TPSA) is 144 Å². The molecule has 9 heteroatoms. The number of aromatic nitrogens is 4. The molecule has 0 atom stereocenters. The smallest absolute Gasteiger partial charge is 0.309 e. The SMILES string of the molecule is Cn1nc(CC(=O)O)c(=O)c2c(=O)[nH]c(N)nc21. The van der Waals surface area contributed by atoms with Gasteiger partial charge in [0.05, 0.1) is 6.42 Å². The van der Waals surface area contributed by atoms with E-state index < -0.39 is 23.4 Å². The van der Waals surface area contributed by atoms with Crippen LogP contribution in [0, 0.1) is 0 Å². The van der Waals surface area contributed by atoms with Crippen molar-refractivity contribution in [1.82, 2.24) is 19.7 Å². The van der Waals surface area contributed by atoms with Gasteiger partial charge in [-0.1, -0.05) is 0 Å². The van der Waals surface area contributed by atoms with Crippen LogP contribution in [0.4, 0.5) is 5.95 Å². The second kappa shape index (κ2) is 3.95. The summed E-state index contributed by atoms with van der Waals surface area (Å²) in [6, 6.07) is 0. The van der Waals surface area contributed by atoms with E-state index in [1.54, 1.807) is 0 Å². The molecule has 0 fully saturated rings. The molecule has 0 saturated heterocycles. The Morgan fingerprint density at radius 3 is 2.78 bits per heavy atom. The average Bonchev–Trinajstić information content (AvgIpc) is 2.24. The van der Waals surface area contributed by atoms with Gasteiger partial charge in [0.2, 0.25) is 11.4 Å². The maximum absolute atomic E-state index is 11.9. The minimum Gasteiger partial charge on any atom is -0.481 e. The van der Waals surface area contributed by atoms with Gasteiger partial charge in [-0.25, -0.2) is 4.68 Å². The molecule has 2 aromatic rings. The first kappa shape index (κ1) is 11.8. The van der Waals surface area contributed by atoms with Gasteiger partial charge >= 0.3 is 5.97 Å². The van der Waals surface area contributed by atoms with Crippen LogP contribution < -0.4 is 16.7 Å². The number of carboxylic acid groups (broad SMARTS) is 1. The number of hydrogen-bond donors (Lipinski definition) is 3. The van der Waals surface area contributed by atoms with Gasteiger partial charge in [-0.05, 0) is 0 Å². The molecule has 0 aromatic carbocycles. The van der Waals surface area contributed by atoms with Crippen LogP contribution in [0.15, 0.2) is 9.59 Å². The largest absolute Gasteiger partial charge is 0.481 e. The summed E-state index contributed by atoms with van der Waals surface area (Å²) in [5.41, 5.74) is 3.67. The van der Waals surface area contributed by atoms with Gasteiger partial charge in [0.15, 0.2) is 5.65 Å². The summed E-state index contributed by atoms with van der Waals surface area (Å²) in [5.74, 6) is -1.35. The number of hydrogen-bond acceptors (Lipinski definition) is 6. The first-order valence-electron chi connectivity index (χ1n) is 4.87. The van der Waals surface area contributed by atoms with E-state index >= 15 is 0 Å². The highest BCUT2D eigenvalue weighted by Crippen LogP contribution is 2.02. The number of fused-ring (bicyclic) bond motifs is 1. The van der Waals surface area contributed by atoms with Gasteiger partial charge in [-0.15, -0.1) is 0 Å². The van der Waals surface area contributed by atoms with Crippen LogP contribution in [0.3, 0.4) is 0 Å². The van der Waals surface area contributed by atoms with E-state index in [1.807, 2.05) is 0 Å². The molecule has 2 heterocycles. The van der Waals surface area contributed by atoms with Gasteiger partial charge in [-0.3, -0.25) is 19.4 Å². The number of carbonyl (C=O) groups is 1. The molecule has 2 aromatic heterocycles. The lowest BCUT2D eigenvalue weighted by atomic mass is 10.2. The number of nitrogens with one attached hydrogen (secondary N) is 1. The summed E-state index contributed by atoms with van der Waals surface area (Å²) in [7, 11) is 1.44. The zero-order chi connectivity index (χ0) is 13.4. The molecule has 0 bridgehead atoms. The molecule has 0 aliphatic rings. The summed E-state index contributed by atoms with van der Waals surface area (Å²) >= 11 is 0. The number of nitrogens with zero attached hydrogens (tertiary/aromatic N) is 3. The van der Waals surface area contributed by atoms with Gasteiger partial charge in [0.1, 0.15) is 11.1 Å². The van der Waals surface area contributed by atoms with Crippen molar-refractivity contribution in [2.24, 2.45) is 7.05 Å². The second-order valence-electron chi connectivity index (χ2n) is 3.62. The number of aromatic amines is 1. The molecule has 0 aliphatic carbocycles. The highest BCUT2D eigenvalue weighted by Gasteiger charge is 2.16. The van der Waals surface area contributed by atoms with Gasteiger partial charge < -0.3 is 10.8 Å². The Hall–Kier alpha value is -2.71. The molecule has 0 amide bonds. The number of anilines is 1. The van der Waals surface area contributed by atoms with E-state index in [0.29, 0.717) is 0 Å². The Kier molecular flexibility index (Phi) is 2.58. The number of carboxylic acids is 1. The lowest BCUT2D eigenvalue weighted by Gasteiger charge is -2.05. The number of nitrogen functional groups attached to an aromatic ring is 1. The molecule has 0 saturated carbocycles. The fourth-order valence-electron chi connectivity index (χ4n) is 1.59. The average molecular weight is 251 g/mol. The Morgan fingerprint density at radius 2 is 2.17 bits per heavy atom. The van der Waals surface area contributed by atoms with Crippen molar-refractivity contribution < 1.29 is 9.90 Å². The third kappa shape index (κ3) is 1.81. The van der Waals surface area contributed by atoms with Crippen LogP contribution in [0.1, 0.15) is 5.69 Å². The van der Waals surface area contributed by atoms with Crippen molar-refractivity contribution in [3.05, 3.63) is 26.3 Å². The Labute approximate surface area is 98.9 Å². The maximum Gasteiger partial charge on any atom is 0.309 e. The summed E-state index contributed by atoms with van der Waals surface area (Å²) in [6.07, 6.45) is -0.563. The van der Waals surface area contributed by atoms with Crippen LogP contribution in [0.25, 0.3) is 11.0 Å². The van der Waals surface area contributed by atoms with E-state index in [1.165, 1.54) is 7.05 Å². The summed E-state index contributed by atoms with van der Waals surface area (Å²) in [4.78, 5) is 40.1. The monoisotopic (exact) mass is 251 g/mol. The van der Waals surface area contributed by atoms with E-state index in [2.05, 4.69) is 15.1 Å². The van der Waals surface area contributed by atoms with Crippen molar-refractivity contribution in [3.63, 3.8) is 0 Å². The number of aryl methyl sites for hydroxylation is 1. The van der Waals surface area contributed by atoms with Crippen LogP contribution in [0.5, 0.6) is 0 Å². The Bertz CT molecular complexity index is 760. The Balaban J connectivity index is 2.91. The number of nitrogens with two attached hydrogens (primary N) is 1. The van der Waals surface area contributed by atoms with Crippen molar-refractivity contribution in [1.29, 1.82) is 0 Å². The summed E-state index contributed by atoms with van der Waals surface area (Å²) in [6.45, 7) is 0. The molecule has 0 spiro atoms. The minimum absolute atomic E-state index is 0.00962. The van der Waals surface area contributed by atoms with Crippen LogP contribution in [0.2, 0.25) is 0 Å². The number of aliphatic carboxylic acids is 1. The zero-order valence-corrected chi connectivity index (χ0v) is 9.30. The predicted octanol–water partition coefficient (Wildman–Crippen LogP) is -1.77. The fourth-order valence-corrected chi connectivity index (χ4v) is 1.59. The normalized spacial score (nSPS) is 10.7. The third-order valence-corrected chi connectivity index (χ3v) is 2.30. The van der Waals surface area contributed by atoms with E-state index in [0.717, 1.165) is 4.68 Å². The molecular formula is C9H9N5O4. The van der Waals surface area contributed by atoms with Crippen LogP contribution in [-0.2, 0) is 18.3 Å². The second-order valence-corrected chi connectivity index (χ2v) is 3.62. The fraction of sp³-hybridized carbons (Fsp3) is 0.222. The van der Waals surface area contributed by atoms with Crippen molar-refractivity contribution in [2.45, 2.75) is 6.42 Å². The van der Waals surface area contributed by atoms with E-state index in [-0.39, 0.29) is 22.7 Å². The first-order chi connectivity index (χ1) is 8.40.